The van der Waals surface area contributed by atoms with Crippen molar-refractivity contribution in [2.45, 2.75) is 30.8 Å². The van der Waals surface area contributed by atoms with Gasteiger partial charge in [0, 0.05) is 11.8 Å². The van der Waals surface area contributed by atoms with E-state index in [1.54, 1.807) is 0 Å². The van der Waals surface area contributed by atoms with E-state index in [9.17, 15) is 31.2 Å². The van der Waals surface area contributed by atoms with E-state index in [0.717, 1.165) is 30.7 Å². The van der Waals surface area contributed by atoms with Crippen LogP contribution in [0.15, 0.2) is 71.6 Å². The van der Waals surface area contributed by atoms with Crippen LogP contribution in [0.25, 0.3) is 0 Å². The molecule has 41 heavy (non-hydrogen) atoms. The Balaban J connectivity index is 1.92. The highest BCUT2D eigenvalue weighted by Gasteiger charge is 2.33. The van der Waals surface area contributed by atoms with Crippen molar-refractivity contribution in [3.63, 3.8) is 0 Å². The minimum Gasteiger partial charge on any atom is -0.493 e. The Bertz CT molecular complexity index is 1480. The second-order valence-electron chi connectivity index (χ2n) is 8.69. The number of unbranched alkanes of at least 4 members (excludes halogenated alkanes) is 1. The standard InChI is InChI=1S/C28H29F3N2O7S/c1-4-5-15-40-27(35)19-9-11-21(12-10-19)32-26(34)18-33(22-8-6-7-20(16-22)28(29,30)31)41(36,37)23-13-14-24(38-2)25(17-23)39-3/h6-14,16-17H,4-5,15,18H2,1-3H3,(H,32,34). The van der Waals surface area contributed by atoms with Crippen LogP contribution in [-0.4, -0.2) is 47.7 Å². The molecule has 3 aromatic rings. The van der Waals surface area contributed by atoms with E-state index in [-0.39, 0.29) is 39.9 Å². The molecular formula is C28H29F3N2O7S. The largest absolute Gasteiger partial charge is 0.493 e. The van der Waals surface area contributed by atoms with E-state index < -0.39 is 40.2 Å². The van der Waals surface area contributed by atoms with Crippen LogP contribution in [0, 0.1) is 0 Å². The number of sulfonamides is 1. The average Bonchev–Trinajstić information content (AvgIpc) is 2.95. The van der Waals surface area contributed by atoms with E-state index in [2.05, 4.69) is 5.32 Å². The topological polar surface area (TPSA) is 111 Å². The minimum atomic E-state index is -4.75. The molecule has 13 heteroatoms. The van der Waals surface area contributed by atoms with Crippen LogP contribution >= 0.6 is 0 Å². The van der Waals surface area contributed by atoms with Gasteiger partial charge in [-0.3, -0.25) is 9.10 Å². The monoisotopic (exact) mass is 594 g/mol. The van der Waals surface area contributed by atoms with Gasteiger partial charge in [0.2, 0.25) is 5.91 Å². The third-order valence-corrected chi connectivity index (χ3v) is 7.60. The minimum absolute atomic E-state index is 0.0651. The molecule has 0 fully saturated rings. The van der Waals surface area contributed by atoms with E-state index in [0.29, 0.717) is 16.8 Å². The molecule has 9 nitrogen and oxygen atoms in total. The van der Waals surface area contributed by atoms with Gasteiger partial charge in [-0.05, 0) is 61.0 Å². The maximum Gasteiger partial charge on any atom is 0.416 e. The van der Waals surface area contributed by atoms with E-state index >= 15 is 0 Å². The second-order valence-corrected chi connectivity index (χ2v) is 10.6. The molecule has 0 bridgehead atoms. The zero-order valence-electron chi connectivity index (χ0n) is 22.5. The summed E-state index contributed by atoms with van der Waals surface area (Å²) in [4.78, 5) is 24.8. The van der Waals surface area contributed by atoms with Crippen LogP contribution in [0.5, 0.6) is 11.5 Å². The molecule has 220 valence electrons. The molecule has 0 aliphatic rings. The Labute approximate surface area is 235 Å². The predicted molar refractivity (Wildman–Crippen MR) is 146 cm³/mol. The number of methoxy groups -OCH3 is 2. The number of nitrogens with one attached hydrogen (secondary N) is 1. The van der Waals surface area contributed by atoms with Crippen molar-refractivity contribution in [2.75, 3.05) is 37.0 Å². The number of benzene rings is 3. The molecule has 0 saturated carbocycles. The van der Waals surface area contributed by atoms with Crippen molar-refractivity contribution in [1.29, 1.82) is 0 Å². The lowest BCUT2D eigenvalue weighted by Crippen LogP contribution is -2.38. The number of hydrogen-bond acceptors (Lipinski definition) is 7. The number of carbonyl (C=O) groups is 2. The molecule has 0 saturated heterocycles. The summed E-state index contributed by atoms with van der Waals surface area (Å²) in [6.45, 7) is 1.37. The van der Waals surface area contributed by atoms with E-state index in [1.165, 1.54) is 50.6 Å². The molecule has 0 heterocycles. The van der Waals surface area contributed by atoms with Gasteiger partial charge in [0.1, 0.15) is 6.54 Å². The summed E-state index contributed by atoms with van der Waals surface area (Å²) < 4.78 is 83.7. The molecule has 1 N–H and O–H groups in total. The molecule has 0 aliphatic carbocycles. The lowest BCUT2D eigenvalue weighted by Gasteiger charge is -2.25. The average molecular weight is 595 g/mol. The summed E-state index contributed by atoms with van der Waals surface area (Å²) >= 11 is 0. The molecule has 1 amide bonds. The summed E-state index contributed by atoms with van der Waals surface area (Å²) in [5.74, 6) is -1.08. The maximum atomic E-state index is 13.7. The number of anilines is 2. The molecule has 3 rings (SSSR count). The molecule has 0 spiro atoms. The third-order valence-electron chi connectivity index (χ3n) is 5.83. The fourth-order valence-corrected chi connectivity index (χ4v) is 5.10. The first-order valence-corrected chi connectivity index (χ1v) is 13.8. The zero-order chi connectivity index (χ0) is 30.2. The summed E-state index contributed by atoms with van der Waals surface area (Å²) in [6.07, 6.45) is -3.18. The number of ether oxygens (including phenoxy) is 3. The highest BCUT2D eigenvalue weighted by Crippen LogP contribution is 2.35. The van der Waals surface area contributed by atoms with E-state index in [1.807, 2.05) is 6.92 Å². The first-order chi connectivity index (χ1) is 19.4. The van der Waals surface area contributed by atoms with Crippen molar-refractivity contribution in [1.82, 2.24) is 0 Å². The van der Waals surface area contributed by atoms with E-state index in [4.69, 9.17) is 14.2 Å². The van der Waals surface area contributed by atoms with Gasteiger partial charge in [0.05, 0.1) is 42.5 Å². The van der Waals surface area contributed by atoms with Gasteiger partial charge in [0.25, 0.3) is 10.0 Å². The smallest absolute Gasteiger partial charge is 0.416 e. The highest BCUT2D eigenvalue weighted by molar-refractivity contribution is 7.92. The Hall–Kier alpha value is -4.26. The van der Waals surface area contributed by atoms with Gasteiger partial charge >= 0.3 is 12.1 Å². The summed E-state index contributed by atoms with van der Waals surface area (Å²) in [6, 6.07) is 13.0. The highest BCUT2D eigenvalue weighted by atomic mass is 32.2. The third kappa shape index (κ3) is 7.91. The number of rotatable bonds is 12. The lowest BCUT2D eigenvalue weighted by molar-refractivity contribution is -0.137. The Morgan fingerprint density at radius 3 is 2.22 bits per heavy atom. The zero-order valence-corrected chi connectivity index (χ0v) is 23.3. The van der Waals surface area contributed by atoms with Gasteiger partial charge in [-0.2, -0.15) is 13.2 Å². The van der Waals surface area contributed by atoms with Crippen molar-refractivity contribution in [3.05, 3.63) is 77.9 Å². The first-order valence-electron chi connectivity index (χ1n) is 12.4. The van der Waals surface area contributed by atoms with Gasteiger partial charge in [-0.15, -0.1) is 0 Å². The SMILES string of the molecule is CCCCOC(=O)c1ccc(NC(=O)CN(c2cccc(C(F)(F)F)c2)S(=O)(=O)c2ccc(OC)c(OC)c2)cc1. The molecule has 0 radical (unpaired) electrons. The van der Waals surface area contributed by atoms with Gasteiger partial charge < -0.3 is 19.5 Å². The van der Waals surface area contributed by atoms with Crippen LogP contribution in [0.4, 0.5) is 24.5 Å². The van der Waals surface area contributed by atoms with Crippen LogP contribution in [-0.2, 0) is 25.7 Å². The van der Waals surface area contributed by atoms with Crippen LogP contribution in [0.1, 0.15) is 35.7 Å². The molecule has 3 aromatic carbocycles. The molecule has 0 aromatic heterocycles. The molecular weight excluding hydrogens is 565 g/mol. The van der Waals surface area contributed by atoms with Crippen LogP contribution in [0.3, 0.4) is 0 Å². The van der Waals surface area contributed by atoms with Crippen molar-refractivity contribution < 1.29 is 45.4 Å². The van der Waals surface area contributed by atoms with Gasteiger partial charge in [-0.1, -0.05) is 19.4 Å². The number of alkyl halides is 3. The Morgan fingerprint density at radius 1 is 0.927 bits per heavy atom. The fourth-order valence-electron chi connectivity index (χ4n) is 3.67. The summed E-state index contributed by atoms with van der Waals surface area (Å²) in [5, 5.41) is 2.51. The van der Waals surface area contributed by atoms with Crippen LogP contribution < -0.4 is 19.1 Å². The fraction of sp³-hybridized carbons (Fsp3) is 0.286. The number of nitrogens with zero attached hydrogens (tertiary/aromatic N) is 1. The number of esters is 1. The number of hydrogen-bond donors (Lipinski definition) is 1. The van der Waals surface area contributed by atoms with Crippen LogP contribution in [0.2, 0.25) is 0 Å². The summed E-state index contributed by atoms with van der Waals surface area (Å²) in [5.41, 5.74) is -0.993. The normalized spacial score (nSPS) is 11.5. The molecule has 0 atom stereocenters. The Morgan fingerprint density at radius 2 is 1.61 bits per heavy atom. The van der Waals surface area contributed by atoms with Gasteiger partial charge in [-0.25, -0.2) is 13.2 Å². The second kappa shape index (κ2) is 13.4. The number of amides is 1. The van der Waals surface area contributed by atoms with Gasteiger partial charge in [0.15, 0.2) is 11.5 Å². The summed E-state index contributed by atoms with van der Waals surface area (Å²) in [7, 11) is -1.93. The quantitative estimate of drug-likeness (QED) is 0.217. The van der Waals surface area contributed by atoms with Crippen molar-refractivity contribution in [3.8, 4) is 11.5 Å². The number of carbonyl (C=O) groups excluding carboxylic acids is 2. The van der Waals surface area contributed by atoms with Crippen molar-refractivity contribution >= 4 is 33.3 Å². The van der Waals surface area contributed by atoms with Crippen molar-refractivity contribution in [2.24, 2.45) is 0 Å². The first kappa shape index (κ1) is 31.3. The maximum absolute atomic E-state index is 13.7. The molecule has 0 aliphatic heterocycles. The Kier molecular flexibility index (Phi) is 10.2. The number of halogens is 3. The predicted octanol–water partition coefficient (Wildman–Crippen LogP) is 5.51. The molecule has 0 unspecified atom stereocenters. The lowest BCUT2D eigenvalue weighted by atomic mass is 10.2.